The maximum atomic E-state index is 13.4. The van der Waals surface area contributed by atoms with E-state index in [4.69, 9.17) is 23.8 Å². The minimum atomic E-state index is -0.419. The van der Waals surface area contributed by atoms with E-state index in [2.05, 4.69) is 4.98 Å². The van der Waals surface area contributed by atoms with E-state index in [9.17, 15) is 8.78 Å². The van der Waals surface area contributed by atoms with Crippen molar-refractivity contribution >= 4 is 34.9 Å². The maximum absolute atomic E-state index is 13.4. The summed E-state index contributed by atoms with van der Waals surface area (Å²) < 4.78 is 28.4. The summed E-state index contributed by atoms with van der Waals surface area (Å²) in [6, 6.07) is 8.22. The number of fused-ring (bicyclic) bond motifs is 1. The van der Waals surface area contributed by atoms with Crippen molar-refractivity contribution in [2.75, 3.05) is 0 Å². The lowest BCUT2D eigenvalue weighted by atomic mass is 10.2. The molecular formula is C13H7ClF2N2S. The van der Waals surface area contributed by atoms with E-state index < -0.39 is 5.82 Å². The quantitative estimate of drug-likeness (QED) is 0.650. The number of imidazole rings is 1. The summed E-state index contributed by atoms with van der Waals surface area (Å²) in [6.07, 6.45) is 0. The Kier molecular flexibility index (Phi) is 2.88. The van der Waals surface area contributed by atoms with E-state index >= 15 is 0 Å². The van der Waals surface area contributed by atoms with Gasteiger partial charge in [-0.05, 0) is 48.6 Å². The van der Waals surface area contributed by atoms with Crippen molar-refractivity contribution in [1.82, 2.24) is 9.55 Å². The molecule has 0 amide bonds. The number of halogens is 3. The van der Waals surface area contributed by atoms with Crippen LogP contribution in [0.4, 0.5) is 8.78 Å². The van der Waals surface area contributed by atoms with Crippen LogP contribution in [-0.2, 0) is 0 Å². The second-order valence-corrected chi connectivity index (χ2v) is 4.82. The normalized spacial score (nSPS) is 11.1. The molecule has 1 aromatic heterocycles. The molecule has 0 bridgehead atoms. The highest BCUT2D eigenvalue weighted by molar-refractivity contribution is 7.71. The summed E-state index contributed by atoms with van der Waals surface area (Å²) in [7, 11) is 0. The molecule has 0 spiro atoms. The van der Waals surface area contributed by atoms with Crippen LogP contribution in [0.2, 0.25) is 5.02 Å². The van der Waals surface area contributed by atoms with Gasteiger partial charge in [-0.2, -0.15) is 0 Å². The van der Waals surface area contributed by atoms with E-state index in [-0.39, 0.29) is 5.82 Å². The maximum Gasteiger partial charge on any atom is 0.182 e. The van der Waals surface area contributed by atoms with Crippen molar-refractivity contribution in [3.05, 3.63) is 57.8 Å². The Labute approximate surface area is 117 Å². The third-order valence-corrected chi connectivity index (χ3v) is 3.40. The van der Waals surface area contributed by atoms with Crippen LogP contribution in [-0.4, -0.2) is 9.55 Å². The van der Waals surface area contributed by atoms with Crippen molar-refractivity contribution in [2.24, 2.45) is 0 Å². The zero-order valence-corrected chi connectivity index (χ0v) is 11.0. The molecule has 3 rings (SSSR count). The Balaban J connectivity index is 2.39. The Morgan fingerprint density at radius 2 is 1.74 bits per heavy atom. The number of nitrogens with one attached hydrogen (secondary N) is 1. The lowest BCUT2D eigenvalue weighted by Gasteiger charge is -2.07. The van der Waals surface area contributed by atoms with E-state index in [1.54, 1.807) is 10.6 Å². The average molecular weight is 297 g/mol. The molecule has 1 heterocycles. The van der Waals surface area contributed by atoms with Gasteiger partial charge in [-0.1, -0.05) is 11.6 Å². The summed E-state index contributed by atoms with van der Waals surface area (Å²) in [5, 5.41) is 0.364. The monoisotopic (exact) mass is 296 g/mol. The fourth-order valence-corrected chi connectivity index (χ4v) is 2.49. The van der Waals surface area contributed by atoms with Crippen LogP contribution in [0.15, 0.2) is 36.4 Å². The third kappa shape index (κ3) is 2.05. The van der Waals surface area contributed by atoms with Crippen molar-refractivity contribution in [1.29, 1.82) is 0 Å². The Morgan fingerprint density at radius 1 is 1.05 bits per heavy atom. The van der Waals surface area contributed by atoms with Crippen LogP contribution in [0.1, 0.15) is 0 Å². The second kappa shape index (κ2) is 4.43. The number of hydrogen-bond acceptors (Lipinski definition) is 1. The van der Waals surface area contributed by atoms with Crippen molar-refractivity contribution < 1.29 is 8.78 Å². The van der Waals surface area contributed by atoms with Gasteiger partial charge in [0, 0.05) is 0 Å². The molecule has 6 heteroatoms. The molecular weight excluding hydrogens is 290 g/mol. The number of benzene rings is 2. The Hall–Kier alpha value is -1.72. The van der Waals surface area contributed by atoms with Crippen LogP contribution >= 0.6 is 23.8 Å². The molecule has 0 radical (unpaired) electrons. The zero-order valence-electron chi connectivity index (χ0n) is 9.45. The zero-order chi connectivity index (χ0) is 13.6. The first-order valence-corrected chi connectivity index (χ1v) is 6.20. The molecule has 0 aliphatic heterocycles. The lowest BCUT2D eigenvalue weighted by molar-refractivity contribution is 0.626. The van der Waals surface area contributed by atoms with Gasteiger partial charge < -0.3 is 4.98 Å². The summed E-state index contributed by atoms with van der Waals surface area (Å²) in [6.45, 7) is 0. The second-order valence-electron chi connectivity index (χ2n) is 4.02. The Bertz CT molecular complexity index is 838. The van der Waals surface area contributed by atoms with E-state index in [0.29, 0.717) is 26.5 Å². The number of nitrogens with zero attached hydrogens (tertiary/aromatic N) is 1. The Morgan fingerprint density at radius 3 is 2.53 bits per heavy atom. The summed E-state index contributed by atoms with van der Waals surface area (Å²) >= 11 is 11.3. The first-order chi connectivity index (χ1) is 9.06. The number of H-pyrrole nitrogens is 1. The van der Waals surface area contributed by atoms with Crippen LogP contribution in [0.3, 0.4) is 0 Å². The van der Waals surface area contributed by atoms with Crippen LogP contribution in [0.5, 0.6) is 0 Å². The highest BCUT2D eigenvalue weighted by Gasteiger charge is 2.11. The van der Waals surface area contributed by atoms with Gasteiger partial charge in [0.25, 0.3) is 0 Å². The molecule has 2 nitrogen and oxygen atoms in total. The van der Waals surface area contributed by atoms with Gasteiger partial charge in [0.15, 0.2) is 4.77 Å². The first-order valence-electron chi connectivity index (χ1n) is 5.42. The van der Waals surface area contributed by atoms with E-state index in [1.807, 2.05) is 0 Å². The molecule has 0 unspecified atom stereocenters. The molecule has 0 aliphatic carbocycles. The predicted octanol–water partition coefficient (Wildman–Crippen LogP) is 4.62. The number of hydrogen-bond donors (Lipinski definition) is 1. The van der Waals surface area contributed by atoms with E-state index in [1.165, 1.54) is 30.3 Å². The molecule has 0 aliphatic rings. The van der Waals surface area contributed by atoms with Crippen molar-refractivity contribution in [3.8, 4) is 5.69 Å². The highest BCUT2D eigenvalue weighted by Crippen LogP contribution is 2.26. The molecule has 96 valence electrons. The van der Waals surface area contributed by atoms with Crippen LogP contribution in [0, 0.1) is 16.4 Å². The first kappa shape index (κ1) is 12.3. The summed E-state index contributed by atoms with van der Waals surface area (Å²) in [4.78, 5) is 2.87. The highest BCUT2D eigenvalue weighted by atomic mass is 35.5. The van der Waals surface area contributed by atoms with Gasteiger partial charge in [-0.3, -0.25) is 4.57 Å². The molecule has 0 fully saturated rings. The van der Waals surface area contributed by atoms with Crippen molar-refractivity contribution in [3.63, 3.8) is 0 Å². The topological polar surface area (TPSA) is 20.7 Å². The lowest BCUT2D eigenvalue weighted by Crippen LogP contribution is -1.96. The van der Waals surface area contributed by atoms with Gasteiger partial charge in [0.05, 0.1) is 21.7 Å². The third-order valence-electron chi connectivity index (χ3n) is 2.79. The van der Waals surface area contributed by atoms with Gasteiger partial charge in [-0.15, -0.1) is 0 Å². The van der Waals surface area contributed by atoms with Gasteiger partial charge in [0.2, 0.25) is 0 Å². The fraction of sp³-hybridized carbons (Fsp3) is 0. The molecule has 0 saturated carbocycles. The fourth-order valence-electron chi connectivity index (χ4n) is 1.98. The van der Waals surface area contributed by atoms with Gasteiger partial charge >= 0.3 is 0 Å². The number of rotatable bonds is 1. The average Bonchev–Trinajstić information content (AvgIpc) is 2.67. The molecule has 19 heavy (non-hydrogen) atoms. The standard InChI is InChI=1S/C13H7ClF2N2S/c14-9-3-1-8(16)6-12(9)18-11-4-2-7(15)5-10(11)17-13(18)19/h1-6H,(H,17,19). The molecule has 2 aromatic carbocycles. The minimum absolute atomic E-state index is 0.327. The minimum Gasteiger partial charge on any atom is -0.330 e. The molecule has 0 saturated heterocycles. The van der Waals surface area contributed by atoms with E-state index in [0.717, 1.165) is 0 Å². The largest absolute Gasteiger partial charge is 0.330 e. The smallest absolute Gasteiger partial charge is 0.182 e. The summed E-state index contributed by atoms with van der Waals surface area (Å²) in [5.41, 5.74) is 1.59. The number of aromatic amines is 1. The molecule has 1 N–H and O–H groups in total. The van der Waals surface area contributed by atoms with Gasteiger partial charge in [0.1, 0.15) is 11.6 Å². The molecule has 0 atom stereocenters. The van der Waals surface area contributed by atoms with Gasteiger partial charge in [-0.25, -0.2) is 8.78 Å². The SMILES string of the molecule is Fc1ccc(Cl)c(-n2c(=S)[nH]c3cc(F)ccc32)c1. The van der Waals surface area contributed by atoms with Crippen LogP contribution in [0.25, 0.3) is 16.7 Å². The van der Waals surface area contributed by atoms with Crippen molar-refractivity contribution in [2.45, 2.75) is 0 Å². The predicted molar refractivity (Wildman–Crippen MR) is 73.4 cm³/mol. The van der Waals surface area contributed by atoms with Crippen LogP contribution < -0.4 is 0 Å². The summed E-state index contributed by atoms with van der Waals surface area (Å²) in [5.74, 6) is -0.793. The molecule has 3 aromatic rings. The number of aromatic nitrogens is 2.